The molecule has 0 aliphatic carbocycles. The summed E-state index contributed by atoms with van der Waals surface area (Å²) in [6.45, 7) is 44.6. The summed E-state index contributed by atoms with van der Waals surface area (Å²) < 4.78 is 0. The highest BCUT2D eigenvalue weighted by atomic mass is 14.9. The maximum Gasteiger partial charge on any atom is 0.0470 e. The second-order valence-electron chi connectivity index (χ2n) is 16.1. The molecule has 3 nitrogen and oxygen atoms in total. The van der Waals surface area contributed by atoms with Crippen molar-refractivity contribution >= 4 is 0 Å². The number of nitrogens with one attached hydrogen (secondary N) is 3. The van der Waals surface area contributed by atoms with Gasteiger partial charge in [0.2, 0.25) is 0 Å². The van der Waals surface area contributed by atoms with E-state index in [1.54, 1.807) is 6.20 Å². The SMILES string of the molecule is C=CNC(CCC(=C)NC(CCCCCC(=C)CCC(NC(=C)CCCCCCCCCCCCCCC(=C)C)C(=C)C)C(=C)C(C)C)C(=C)C. The minimum absolute atomic E-state index is 0.225. The third-order valence-corrected chi connectivity index (χ3v) is 10.3. The molecule has 0 saturated carbocycles. The zero-order chi connectivity index (χ0) is 38.4. The zero-order valence-electron chi connectivity index (χ0n) is 34.8. The summed E-state index contributed by atoms with van der Waals surface area (Å²) in [7, 11) is 0. The fourth-order valence-electron chi connectivity index (χ4n) is 6.67. The van der Waals surface area contributed by atoms with Gasteiger partial charge in [-0.25, -0.2) is 0 Å². The molecule has 0 bridgehead atoms. The standard InChI is InChI=1S/C48H85N3/c1-14-49-46(40(6)7)37-35-44(12)51-48(45(13)39(4)5)33-29-25-27-31-42(10)34-36-47(41(8)9)50-43(11)32-28-24-22-20-18-16-15-17-19-21-23-26-30-38(2)3/h14,39,46-51H,1-2,6,8,10-13,15-37H2,3-5,7,9H3. The van der Waals surface area contributed by atoms with Crippen LogP contribution in [0.1, 0.15) is 182 Å². The van der Waals surface area contributed by atoms with Crippen LogP contribution in [0.2, 0.25) is 0 Å². The van der Waals surface area contributed by atoms with Gasteiger partial charge in [-0.05, 0) is 104 Å². The van der Waals surface area contributed by atoms with Gasteiger partial charge in [-0.15, -0.1) is 6.58 Å². The monoisotopic (exact) mass is 704 g/mol. The molecular weight excluding hydrogens is 619 g/mol. The lowest BCUT2D eigenvalue weighted by atomic mass is 9.92. The Labute approximate surface area is 319 Å². The van der Waals surface area contributed by atoms with Gasteiger partial charge in [0.25, 0.3) is 0 Å². The van der Waals surface area contributed by atoms with Gasteiger partial charge in [-0.1, -0.05) is 165 Å². The van der Waals surface area contributed by atoms with Crippen molar-refractivity contribution in [2.45, 2.75) is 200 Å². The summed E-state index contributed by atoms with van der Waals surface area (Å²) in [5.41, 5.74) is 8.48. The van der Waals surface area contributed by atoms with Crippen molar-refractivity contribution in [1.82, 2.24) is 16.0 Å². The van der Waals surface area contributed by atoms with Crippen LogP contribution in [0.4, 0.5) is 0 Å². The predicted molar refractivity (Wildman–Crippen MR) is 233 cm³/mol. The summed E-state index contributed by atoms with van der Waals surface area (Å²) in [6, 6.07) is 0.766. The van der Waals surface area contributed by atoms with E-state index in [9.17, 15) is 0 Å². The Bertz CT molecular complexity index is 1040. The number of allylic oxidation sites excluding steroid dienone is 4. The van der Waals surface area contributed by atoms with Gasteiger partial charge in [0.05, 0.1) is 0 Å². The lowest BCUT2D eigenvalue weighted by molar-refractivity contribution is 0.490. The molecule has 0 aromatic heterocycles. The second-order valence-corrected chi connectivity index (χ2v) is 16.1. The Kier molecular flexibility index (Phi) is 29.3. The molecule has 0 aliphatic heterocycles. The molecule has 0 amide bonds. The molecule has 0 rings (SSSR count). The van der Waals surface area contributed by atoms with Gasteiger partial charge in [0.15, 0.2) is 0 Å². The fourth-order valence-corrected chi connectivity index (χ4v) is 6.67. The lowest BCUT2D eigenvalue weighted by Gasteiger charge is -2.27. The van der Waals surface area contributed by atoms with Crippen molar-refractivity contribution < 1.29 is 0 Å². The first-order valence-electron chi connectivity index (χ1n) is 20.8. The largest absolute Gasteiger partial charge is 0.385 e. The maximum atomic E-state index is 4.44. The van der Waals surface area contributed by atoms with Crippen LogP contribution >= 0.6 is 0 Å². The van der Waals surface area contributed by atoms with Crippen LogP contribution in [-0.4, -0.2) is 18.1 Å². The summed E-state index contributed by atoms with van der Waals surface area (Å²) >= 11 is 0. The van der Waals surface area contributed by atoms with Gasteiger partial charge in [0.1, 0.15) is 0 Å². The molecular formula is C48H85N3. The third-order valence-electron chi connectivity index (χ3n) is 10.3. The zero-order valence-corrected chi connectivity index (χ0v) is 34.8. The molecule has 0 heterocycles. The Hall–Kier alpha value is -2.68. The van der Waals surface area contributed by atoms with E-state index >= 15 is 0 Å². The Morgan fingerprint density at radius 1 is 0.471 bits per heavy atom. The predicted octanol–water partition coefficient (Wildman–Crippen LogP) is 14.5. The van der Waals surface area contributed by atoms with E-state index in [0.29, 0.717) is 5.92 Å². The number of unbranched alkanes of at least 4 members (excludes halogenated alkanes) is 13. The summed E-state index contributed by atoms with van der Waals surface area (Å²) in [5.74, 6) is 0.439. The molecule has 0 spiro atoms. The van der Waals surface area contributed by atoms with Gasteiger partial charge in [-0.3, -0.25) is 0 Å². The summed E-state index contributed by atoms with van der Waals surface area (Å²) in [4.78, 5) is 0. The second kappa shape index (κ2) is 30.9. The molecule has 0 aliphatic rings. The highest BCUT2D eigenvalue weighted by Crippen LogP contribution is 2.22. The molecule has 3 heteroatoms. The Morgan fingerprint density at radius 2 is 0.902 bits per heavy atom. The highest BCUT2D eigenvalue weighted by molar-refractivity contribution is 5.13. The first kappa shape index (κ1) is 48.3. The first-order valence-corrected chi connectivity index (χ1v) is 20.8. The van der Waals surface area contributed by atoms with E-state index in [1.165, 1.54) is 125 Å². The van der Waals surface area contributed by atoms with Crippen LogP contribution < -0.4 is 16.0 Å². The van der Waals surface area contributed by atoms with E-state index < -0.39 is 0 Å². The van der Waals surface area contributed by atoms with Crippen LogP contribution in [0.5, 0.6) is 0 Å². The minimum atomic E-state index is 0.225. The minimum Gasteiger partial charge on any atom is -0.385 e. The van der Waals surface area contributed by atoms with Gasteiger partial charge in [-0.2, -0.15) is 0 Å². The fraction of sp³-hybridized carbons (Fsp3) is 0.667. The third kappa shape index (κ3) is 27.6. The molecule has 0 fully saturated rings. The van der Waals surface area contributed by atoms with Crippen molar-refractivity contribution in [3.63, 3.8) is 0 Å². The van der Waals surface area contributed by atoms with E-state index in [-0.39, 0.29) is 18.1 Å². The first-order chi connectivity index (χ1) is 24.3. The topological polar surface area (TPSA) is 36.1 Å². The average molecular weight is 704 g/mol. The van der Waals surface area contributed by atoms with Crippen LogP contribution in [0.25, 0.3) is 0 Å². The molecule has 292 valence electrons. The molecule has 0 radical (unpaired) electrons. The normalized spacial score (nSPS) is 12.8. The Balaban J connectivity index is 4.23. The number of hydrogen-bond acceptors (Lipinski definition) is 3. The van der Waals surface area contributed by atoms with Crippen molar-refractivity contribution in [3.8, 4) is 0 Å². The van der Waals surface area contributed by atoms with Crippen LogP contribution in [0.15, 0.2) is 98.1 Å². The molecule has 0 aromatic rings. The van der Waals surface area contributed by atoms with E-state index in [2.05, 4.69) is 103 Å². The van der Waals surface area contributed by atoms with E-state index in [4.69, 9.17) is 0 Å². The average Bonchev–Trinajstić information content (AvgIpc) is 3.06. The number of hydrogen-bond donors (Lipinski definition) is 3. The Morgan fingerprint density at radius 3 is 1.39 bits per heavy atom. The number of rotatable bonds is 37. The maximum absolute atomic E-state index is 4.44. The van der Waals surface area contributed by atoms with Crippen molar-refractivity contribution in [2.75, 3.05) is 0 Å². The van der Waals surface area contributed by atoms with Crippen molar-refractivity contribution in [3.05, 3.63) is 98.1 Å². The molecule has 3 unspecified atom stereocenters. The van der Waals surface area contributed by atoms with E-state index in [0.717, 1.165) is 61.9 Å². The molecule has 0 aromatic carbocycles. The van der Waals surface area contributed by atoms with Gasteiger partial charge < -0.3 is 16.0 Å². The molecule has 51 heavy (non-hydrogen) atoms. The molecule has 3 N–H and O–H groups in total. The molecule has 3 atom stereocenters. The van der Waals surface area contributed by atoms with Crippen LogP contribution in [0, 0.1) is 5.92 Å². The lowest BCUT2D eigenvalue weighted by Crippen LogP contribution is -2.32. The van der Waals surface area contributed by atoms with Crippen molar-refractivity contribution in [1.29, 1.82) is 0 Å². The highest BCUT2D eigenvalue weighted by Gasteiger charge is 2.17. The van der Waals surface area contributed by atoms with Gasteiger partial charge in [0, 0.05) is 29.5 Å². The smallest absolute Gasteiger partial charge is 0.0470 e. The van der Waals surface area contributed by atoms with E-state index in [1.807, 2.05) is 0 Å². The van der Waals surface area contributed by atoms with Crippen LogP contribution in [0.3, 0.4) is 0 Å². The van der Waals surface area contributed by atoms with Crippen molar-refractivity contribution in [2.24, 2.45) is 5.92 Å². The quantitative estimate of drug-likeness (QED) is 0.0445. The summed E-state index contributed by atoms with van der Waals surface area (Å²) in [5, 5.41) is 10.7. The van der Waals surface area contributed by atoms with Crippen LogP contribution in [-0.2, 0) is 0 Å². The van der Waals surface area contributed by atoms with Gasteiger partial charge >= 0.3 is 0 Å². The summed E-state index contributed by atoms with van der Waals surface area (Å²) in [6.07, 6.45) is 30.0. The molecule has 0 saturated heterocycles.